The summed E-state index contributed by atoms with van der Waals surface area (Å²) in [6, 6.07) is 11.6. The standard InChI is InChI=1S/C22H20N6O/c1-15-9-24-19(12-23-15)13-27-22(29)20-8-17(14-28(20)2)18-10-25-21(26-11-18)16-6-4-3-5-7-16/h3-12,14H,13H2,1-2H3,(H,27,29). The van der Waals surface area contributed by atoms with E-state index in [-0.39, 0.29) is 5.91 Å². The smallest absolute Gasteiger partial charge is 0.268 e. The fourth-order valence-electron chi connectivity index (χ4n) is 2.93. The largest absolute Gasteiger partial charge is 0.346 e. The van der Waals surface area contributed by atoms with Crippen molar-refractivity contribution in [3.05, 3.63) is 84.5 Å². The average Bonchev–Trinajstić information content (AvgIpc) is 3.15. The molecule has 0 aliphatic heterocycles. The SMILES string of the molecule is Cc1cnc(CNC(=O)c2cc(-c3cnc(-c4ccccc4)nc3)cn2C)cn1. The number of nitrogens with zero attached hydrogens (tertiary/aromatic N) is 5. The molecular weight excluding hydrogens is 364 g/mol. The number of hydrogen-bond acceptors (Lipinski definition) is 5. The van der Waals surface area contributed by atoms with Crippen molar-refractivity contribution in [2.45, 2.75) is 13.5 Å². The van der Waals surface area contributed by atoms with E-state index in [1.807, 2.05) is 56.6 Å². The molecule has 144 valence electrons. The molecule has 0 bridgehead atoms. The summed E-state index contributed by atoms with van der Waals surface area (Å²) in [6.07, 6.45) is 8.78. The van der Waals surface area contributed by atoms with Crippen molar-refractivity contribution in [2.75, 3.05) is 0 Å². The lowest BCUT2D eigenvalue weighted by molar-refractivity contribution is 0.0942. The van der Waals surface area contributed by atoms with Crippen LogP contribution in [0.15, 0.2) is 67.4 Å². The molecule has 3 aromatic heterocycles. The Balaban J connectivity index is 1.48. The maximum atomic E-state index is 12.6. The Morgan fingerprint density at radius 3 is 2.38 bits per heavy atom. The molecule has 0 saturated carbocycles. The molecule has 29 heavy (non-hydrogen) atoms. The number of aryl methyl sites for hydroxylation is 2. The van der Waals surface area contributed by atoms with Gasteiger partial charge in [0.25, 0.3) is 5.91 Å². The highest BCUT2D eigenvalue weighted by Gasteiger charge is 2.13. The molecule has 0 atom stereocenters. The third-order valence-corrected chi connectivity index (χ3v) is 4.52. The average molecular weight is 384 g/mol. The first kappa shape index (κ1) is 18.5. The Kier molecular flexibility index (Phi) is 5.11. The minimum absolute atomic E-state index is 0.178. The van der Waals surface area contributed by atoms with Gasteiger partial charge in [-0.15, -0.1) is 0 Å². The number of rotatable bonds is 5. The molecule has 1 N–H and O–H groups in total. The predicted octanol–water partition coefficient (Wildman–Crippen LogP) is 3.18. The molecule has 0 aliphatic carbocycles. The second kappa shape index (κ2) is 8.02. The van der Waals surface area contributed by atoms with E-state index in [4.69, 9.17) is 0 Å². The van der Waals surface area contributed by atoms with Gasteiger partial charge in [-0.05, 0) is 13.0 Å². The van der Waals surface area contributed by atoms with Crippen molar-refractivity contribution in [1.29, 1.82) is 0 Å². The van der Waals surface area contributed by atoms with E-state index in [2.05, 4.69) is 25.3 Å². The van der Waals surface area contributed by atoms with Crippen LogP contribution < -0.4 is 5.32 Å². The highest BCUT2D eigenvalue weighted by atomic mass is 16.1. The van der Waals surface area contributed by atoms with Crippen LogP contribution in [0.5, 0.6) is 0 Å². The maximum absolute atomic E-state index is 12.6. The van der Waals surface area contributed by atoms with Crippen LogP contribution in [-0.4, -0.2) is 30.4 Å². The monoisotopic (exact) mass is 384 g/mol. The van der Waals surface area contributed by atoms with Gasteiger partial charge in [0.2, 0.25) is 0 Å². The van der Waals surface area contributed by atoms with Crippen LogP contribution in [-0.2, 0) is 13.6 Å². The van der Waals surface area contributed by atoms with Crippen LogP contribution in [0.2, 0.25) is 0 Å². The summed E-state index contributed by atoms with van der Waals surface area (Å²) < 4.78 is 1.79. The van der Waals surface area contributed by atoms with Crippen molar-refractivity contribution in [3.8, 4) is 22.5 Å². The van der Waals surface area contributed by atoms with E-state index >= 15 is 0 Å². The molecule has 1 aromatic carbocycles. The van der Waals surface area contributed by atoms with Gasteiger partial charge in [0.15, 0.2) is 5.82 Å². The van der Waals surface area contributed by atoms with E-state index in [1.54, 1.807) is 29.4 Å². The number of benzene rings is 1. The molecule has 0 radical (unpaired) electrons. The molecule has 0 spiro atoms. The first-order valence-electron chi connectivity index (χ1n) is 9.20. The van der Waals surface area contributed by atoms with Gasteiger partial charge < -0.3 is 9.88 Å². The molecule has 0 saturated heterocycles. The summed E-state index contributed by atoms with van der Waals surface area (Å²) in [7, 11) is 1.84. The molecule has 1 amide bonds. The molecule has 4 aromatic rings. The molecular formula is C22H20N6O. The minimum atomic E-state index is -0.178. The van der Waals surface area contributed by atoms with Gasteiger partial charge in [-0.2, -0.15) is 0 Å². The van der Waals surface area contributed by atoms with Crippen LogP contribution in [0.3, 0.4) is 0 Å². The number of amides is 1. The fraction of sp³-hybridized carbons (Fsp3) is 0.136. The topological polar surface area (TPSA) is 85.6 Å². The van der Waals surface area contributed by atoms with Gasteiger partial charge in [0, 0.05) is 48.5 Å². The Morgan fingerprint density at radius 1 is 0.931 bits per heavy atom. The molecule has 7 heteroatoms. The quantitative estimate of drug-likeness (QED) is 0.571. The van der Waals surface area contributed by atoms with Crippen LogP contribution in [0.1, 0.15) is 21.9 Å². The summed E-state index contributed by atoms with van der Waals surface area (Å²) in [5.74, 6) is 0.491. The zero-order valence-corrected chi connectivity index (χ0v) is 16.2. The summed E-state index contributed by atoms with van der Waals surface area (Å²) in [5, 5.41) is 2.88. The van der Waals surface area contributed by atoms with Crippen LogP contribution in [0.25, 0.3) is 22.5 Å². The van der Waals surface area contributed by atoms with Gasteiger partial charge in [0.1, 0.15) is 5.69 Å². The first-order valence-corrected chi connectivity index (χ1v) is 9.20. The van der Waals surface area contributed by atoms with Crippen molar-refractivity contribution in [2.24, 2.45) is 7.05 Å². The Morgan fingerprint density at radius 2 is 1.69 bits per heavy atom. The Hall–Kier alpha value is -3.87. The van der Waals surface area contributed by atoms with E-state index in [9.17, 15) is 4.79 Å². The zero-order valence-electron chi connectivity index (χ0n) is 16.2. The lowest BCUT2D eigenvalue weighted by Crippen LogP contribution is -2.25. The highest BCUT2D eigenvalue weighted by Crippen LogP contribution is 2.22. The molecule has 4 rings (SSSR count). The van der Waals surface area contributed by atoms with Gasteiger partial charge in [-0.25, -0.2) is 9.97 Å². The van der Waals surface area contributed by atoms with E-state index < -0.39 is 0 Å². The summed E-state index contributed by atoms with van der Waals surface area (Å²) >= 11 is 0. The lowest BCUT2D eigenvalue weighted by Gasteiger charge is -2.05. The van der Waals surface area contributed by atoms with Gasteiger partial charge in [-0.1, -0.05) is 30.3 Å². The lowest BCUT2D eigenvalue weighted by atomic mass is 10.1. The summed E-state index contributed by atoms with van der Waals surface area (Å²) in [4.78, 5) is 29.9. The Labute approximate surface area is 168 Å². The minimum Gasteiger partial charge on any atom is -0.346 e. The third kappa shape index (κ3) is 4.19. The van der Waals surface area contributed by atoms with Crippen LogP contribution in [0.4, 0.5) is 0 Å². The zero-order chi connectivity index (χ0) is 20.2. The van der Waals surface area contributed by atoms with Crippen molar-refractivity contribution in [1.82, 2.24) is 29.8 Å². The fourth-order valence-corrected chi connectivity index (χ4v) is 2.93. The number of nitrogens with one attached hydrogen (secondary N) is 1. The highest BCUT2D eigenvalue weighted by molar-refractivity contribution is 5.94. The number of carbonyl (C=O) groups excluding carboxylic acids is 1. The van der Waals surface area contributed by atoms with Crippen LogP contribution in [0, 0.1) is 6.92 Å². The summed E-state index contributed by atoms with van der Waals surface area (Å²) in [5.41, 5.74) is 4.80. The van der Waals surface area contributed by atoms with Crippen molar-refractivity contribution < 1.29 is 4.79 Å². The van der Waals surface area contributed by atoms with E-state index in [1.165, 1.54) is 0 Å². The van der Waals surface area contributed by atoms with Gasteiger partial charge in [0.05, 0.1) is 24.1 Å². The normalized spacial score (nSPS) is 10.7. The molecule has 0 fully saturated rings. The molecule has 7 nitrogen and oxygen atoms in total. The van der Waals surface area contributed by atoms with Crippen LogP contribution >= 0.6 is 0 Å². The predicted molar refractivity (Wildman–Crippen MR) is 110 cm³/mol. The molecule has 0 unspecified atom stereocenters. The van der Waals surface area contributed by atoms with Crippen molar-refractivity contribution >= 4 is 5.91 Å². The van der Waals surface area contributed by atoms with Gasteiger partial charge >= 0.3 is 0 Å². The van der Waals surface area contributed by atoms with Crippen molar-refractivity contribution in [3.63, 3.8) is 0 Å². The maximum Gasteiger partial charge on any atom is 0.268 e. The van der Waals surface area contributed by atoms with E-state index in [0.717, 1.165) is 22.4 Å². The second-order valence-corrected chi connectivity index (χ2v) is 6.72. The van der Waals surface area contributed by atoms with E-state index in [0.29, 0.717) is 23.8 Å². The number of hydrogen-bond donors (Lipinski definition) is 1. The summed E-state index contributed by atoms with van der Waals surface area (Å²) in [6.45, 7) is 2.19. The molecule has 3 heterocycles. The molecule has 0 aliphatic rings. The number of carbonyl (C=O) groups is 1. The first-order chi connectivity index (χ1) is 14.1. The third-order valence-electron chi connectivity index (χ3n) is 4.52. The second-order valence-electron chi connectivity index (χ2n) is 6.72. The number of aromatic nitrogens is 5. The van der Waals surface area contributed by atoms with Gasteiger partial charge in [-0.3, -0.25) is 14.8 Å². The Bertz CT molecular complexity index is 1120.